The molecular weight excluding hydrogens is 275 g/mol. The highest BCUT2D eigenvalue weighted by Gasteiger charge is 2.20. The molecule has 1 aromatic carbocycles. The first kappa shape index (κ1) is 14.7. The minimum atomic E-state index is -0.530. The molecule has 0 saturated heterocycles. The second-order valence-corrected chi connectivity index (χ2v) is 5.50. The van der Waals surface area contributed by atoms with Crippen molar-refractivity contribution < 1.29 is 9.18 Å². The number of amides is 1. The summed E-state index contributed by atoms with van der Waals surface area (Å²) in [6, 6.07) is 9.18. The molecule has 0 saturated carbocycles. The van der Waals surface area contributed by atoms with E-state index in [-0.39, 0.29) is 17.8 Å². The minimum Gasteiger partial charge on any atom is -0.343 e. The van der Waals surface area contributed by atoms with Crippen molar-refractivity contribution in [3.8, 4) is 0 Å². The third-order valence-corrected chi connectivity index (χ3v) is 4.03. The van der Waals surface area contributed by atoms with E-state index in [0.29, 0.717) is 6.42 Å². The number of rotatable bonds is 5. The van der Waals surface area contributed by atoms with Gasteiger partial charge in [0.05, 0.1) is 12.1 Å². The highest BCUT2D eigenvalue weighted by molar-refractivity contribution is 7.10. The van der Waals surface area contributed by atoms with Crippen molar-refractivity contribution in [3.05, 3.63) is 58.0 Å². The van der Waals surface area contributed by atoms with Gasteiger partial charge in [0.25, 0.3) is 0 Å². The average molecular weight is 292 g/mol. The van der Waals surface area contributed by atoms with Gasteiger partial charge >= 0.3 is 0 Å². The van der Waals surface area contributed by atoms with Crippen LogP contribution in [0.1, 0.15) is 29.8 Å². The first-order valence-corrected chi connectivity index (χ1v) is 7.34. The van der Waals surface area contributed by atoms with Gasteiger partial charge in [0, 0.05) is 4.88 Å². The maximum atomic E-state index is 13.0. The zero-order chi connectivity index (χ0) is 14.5. The molecule has 1 amide bonds. The fraction of sp³-hybridized carbons (Fsp3) is 0.267. The van der Waals surface area contributed by atoms with Crippen LogP contribution >= 0.6 is 11.3 Å². The highest BCUT2D eigenvalue weighted by atomic mass is 32.1. The number of hydrogen-bond acceptors (Lipinski definition) is 3. The lowest BCUT2D eigenvalue weighted by molar-refractivity contribution is -0.122. The van der Waals surface area contributed by atoms with Crippen LogP contribution in [-0.4, -0.2) is 11.9 Å². The molecule has 106 valence electrons. The summed E-state index contributed by atoms with van der Waals surface area (Å²) in [6.45, 7) is 1.86. The Bertz CT molecular complexity index is 554. The monoisotopic (exact) mass is 292 g/mol. The highest BCUT2D eigenvalue weighted by Crippen LogP contribution is 2.26. The molecule has 1 heterocycles. The number of benzene rings is 1. The van der Waals surface area contributed by atoms with Crippen LogP contribution in [0.15, 0.2) is 41.8 Å². The van der Waals surface area contributed by atoms with E-state index in [1.54, 1.807) is 23.5 Å². The Balaban J connectivity index is 2.26. The lowest BCUT2D eigenvalue weighted by Gasteiger charge is -2.20. The van der Waals surface area contributed by atoms with Gasteiger partial charge in [0.1, 0.15) is 5.82 Å². The van der Waals surface area contributed by atoms with Gasteiger partial charge in [-0.3, -0.25) is 4.79 Å². The van der Waals surface area contributed by atoms with Crippen molar-refractivity contribution >= 4 is 17.2 Å². The maximum Gasteiger partial charge on any atom is 0.237 e. The summed E-state index contributed by atoms with van der Waals surface area (Å²) in [5, 5.41) is 4.87. The Labute approximate surface area is 121 Å². The molecule has 0 aliphatic rings. The quantitative estimate of drug-likeness (QED) is 0.890. The van der Waals surface area contributed by atoms with Gasteiger partial charge in [-0.05, 0) is 35.6 Å². The fourth-order valence-corrected chi connectivity index (χ4v) is 2.67. The lowest BCUT2D eigenvalue weighted by Crippen LogP contribution is -2.41. The van der Waals surface area contributed by atoms with Crippen LogP contribution in [0.4, 0.5) is 4.39 Å². The van der Waals surface area contributed by atoms with Crippen LogP contribution in [0.25, 0.3) is 0 Å². The molecule has 0 radical (unpaired) electrons. The SMILES string of the molecule is CC[C@@H](N)C(=O)NC(c1ccc(F)cc1)c1cccs1. The van der Waals surface area contributed by atoms with Gasteiger partial charge in [-0.25, -0.2) is 4.39 Å². The summed E-state index contributed by atoms with van der Waals surface area (Å²) in [5.41, 5.74) is 6.59. The van der Waals surface area contributed by atoms with E-state index in [4.69, 9.17) is 5.73 Å². The van der Waals surface area contributed by atoms with Crippen molar-refractivity contribution in [1.82, 2.24) is 5.32 Å². The third-order valence-electron chi connectivity index (χ3n) is 3.09. The topological polar surface area (TPSA) is 55.1 Å². The van der Waals surface area contributed by atoms with Crippen molar-refractivity contribution in [2.45, 2.75) is 25.4 Å². The summed E-state index contributed by atoms with van der Waals surface area (Å²) in [7, 11) is 0. The van der Waals surface area contributed by atoms with Crippen LogP contribution in [0.2, 0.25) is 0 Å². The molecule has 0 spiro atoms. The number of nitrogens with two attached hydrogens (primary N) is 1. The number of halogens is 1. The van der Waals surface area contributed by atoms with E-state index in [2.05, 4.69) is 5.32 Å². The van der Waals surface area contributed by atoms with Crippen LogP contribution < -0.4 is 11.1 Å². The Morgan fingerprint density at radius 3 is 2.60 bits per heavy atom. The van der Waals surface area contributed by atoms with Crippen molar-refractivity contribution in [2.75, 3.05) is 0 Å². The van der Waals surface area contributed by atoms with E-state index in [9.17, 15) is 9.18 Å². The first-order valence-electron chi connectivity index (χ1n) is 6.46. The van der Waals surface area contributed by atoms with Crippen molar-refractivity contribution in [3.63, 3.8) is 0 Å². The Hall–Kier alpha value is -1.72. The molecule has 3 nitrogen and oxygen atoms in total. The van der Waals surface area contributed by atoms with Crippen molar-refractivity contribution in [1.29, 1.82) is 0 Å². The van der Waals surface area contributed by atoms with Crippen LogP contribution in [0.3, 0.4) is 0 Å². The van der Waals surface area contributed by atoms with Crippen LogP contribution in [0, 0.1) is 5.82 Å². The van der Waals surface area contributed by atoms with E-state index < -0.39 is 6.04 Å². The Morgan fingerprint density at radius 1 is 1.35 bits per heavy atom. The molecular formula is C15H17FN2OS. The Morgan fingerprint density at radius 2 is 2.05 bits per heavy atom. The molecule has 0 aliphatic carbocycles. The molecule has 1 aromatic heterocycles. The Kier molecular flexibility index (Phi) is 4.87. The summed E-state index contributed by atoms with van der Waals surface area (Å²) in [6.07, 6.45) is 0.576. The summed E-state index contributed by atoms with van der Waals surface area (Å²) >= 11 is 1.54. The van der Waals surface area contributed by atoms with E-state index in [0.717, 1.165) is 10.4 Å². The van der Waals surface area contributed by atoms with Gasteiger partial charge in [0.2, 0.25) is 5.91 Å². The molecule has 2 atom stereocenters. The molecule has 0 bridgehead atoms. The molecule has 5 heteroatoms. The number of hydrogen-bond donors (Lipinski definition) is 2. The zero-order valence-electron chi connectivity index (χ0n) is 11.2. The summed E-state index contributed by atoms with van der Waals surface area (Å²) in [4.78, 5) is 13.0. The predicted octanol–water partition coefficient (Wildman–Crippen LogP) is 2.83. The number of carbonyl (C=O) groups excluding carboxylic acids is 1. The van der Waals surface area contributed by atoms with Crippen LogP contribution in [0.5, 0.6) is 0 Å². The minimum absolute atomic E-state index is 0.199. The molecule has 1 unspecified atom stereocenters. The molecule has 0 aliphatic heterocycles. The van der Waals surface area contributed by atoms with Gasteiger partial charge in [-0.2, -0.15) is 0 Å². The van der Waals surface area contributed by atoms with E-state index in [1.807, 2.05) is 24.4 Å². The standard InChI is InChI=1S/C15H17FN2OS/c1-2-12(17)15(19)18-14(13-4-3-9-20-13)10-5-7-11(16)8-6-10/h3-9,12,14H,2,17H2,1H3,(H,18,19)/t12-,14?/m1/s1. The molecule has 20 heavy (non-hydrogen) atoms. The normalized spacial score (nSPS) is 13.8. The van der Waals surface area contributed by atoms with Gasteiger partial charge in [-0.1, -0.05) is 25.1 Å². The number of carbonyl (C=O) groups is 1. The lowest BCUT2D eigenvalue weighted by atomic mass is 10.0. The fourth-order valence-electron chi connectivity index (χ4n) is 1.86. The number of nitrogens with one attached hydrogen (secondary N) is 1. The second kappa shape index (κ2) is 6.63. The number of thiophene rings is 1. The van der Waals surface area contributed by atoms with Gasteiger partial charge in [-0.15, -0.1) is 11.3 Å². The first-order chi connectivity index (χ1) is 9.61. The smallest absolute Gasteiger partial charge is 0.237 e. The van der Waals surface area contributed by atoms with E-state index in [1.165, 1.54) is 12.1 Å². The zero-order valence-corrected chi connectivity index (χ0v) is 12.0. The van der Waals surface area contributed by atoms with E-state index >= 15 is 0 Å². The van der Waals surface area contributed by atoms with Crippen molar-refractivity contribution in [2.24, 2.45) is 5.73 Å². The van der Waals surface area contributed by atoms with Crippen LogP contribution in [-0.2, 0) is 4.79 Å². The average Bonchev–Trinajstić information content (AvgIpc) is 2.98. The maximum absolute atomic E-state index is 13.0. The van der Waals surface area contributed by atoms with Gasteiger partial charge in [0.15, 0.2) is 0 Å². The molecule has 0 fully saturated rings. The largest absolute Gasteiger partial charge is 0.343 e. The third kappa shape index (κ3) is 3.43. The van der Waals surface area contributed by atoms with Gasteiger partial charge < -0.3 is 11.1 Å². The molecule has 2 rings (SSSR count). The predicted molar refractivity (Wildman–Crippen MR) is 79.0 cm³/mol. The summed E-state index contributed by atoms with van der Waals surface area (Å²) in [5.74, 6) is -0.495. The molecule has 3 N–H and O–H groups in total. The second-order valence-electron chi connectivity index (χ2n) is 4.52. The summed E-state index contributed by atoms with van der Waals surface area (Å²) < 4.78 is 13.0. The molecule has 2 aromatic rings.